The number of anilines is 1. The van der Waals surface area contributed by atoms with Crippen LogP contribution in [0.4, 0.5) is 10.2 Å². The van der Waals surface area contributed by atoms with E-state index in [1.165, 1.54) is 25.6 Å². The second-order valence-electron chi connectivity index (χ2n) is 6.36. The van der Waals surface area contributed by atoms with E-state index in [2.05, 4.69) is 15.3 Å². The van der Waals surface area contributed by atoms with Crippen molar-refractivity contribution < 1.29 is 13.9 Å². The number of likely N-dealkylation sites (N-methyl/N-ethyl adjacent to an activating group) is 1. The highest BCUT2D eigenvalue weighted by molar-refractivity contribution is 5.92. The van der Waals surface area contributed by atoms with Crippen LogP contribution in [0.3, 0.4) is 0 Å². The van der Waals surface area contributed by atoms with Crippen molar-refractivity contribution in [2.24, 2.45) is 0 Å². The topological polar surface area (TPSA) is 67.3 Å². The fraction of sp³-hybridized carbons (Fsp3) is 0.438. The maximum Gasteiger partial charge on any atom is 0.239 e. The number of amides is 1. The number of carbonyl (C=O) groups is 1. The molecule has 0 atom stereocenters. The van der Waals surface area contributed by atoms with Gasteiger partial charge in [0, 0.05) is 24.0 Å². The molecule has 0 unspecified atom stereocenters. The molecule has 0 bridgehead atoms. The third-order valence-electron chi connectivity index (χ3n) is 3.14. The molecule has 0 fully saturated rings. The summed E-state index contributed by atoms with van der Waals surface area (Å²) in [6.07, 6.45) is 1.35. The number of benzene rings is 1. The lowest BCUT2D eigenvalue weighted by atomic mass is 10.1. The number of aromatic nitrogens is 2. The summed E-state index contributed by atoms with van der Waals surface area (Å²) in [5.41, 5.74) is 0.147. The Morgan fingerprint density at radius 3 is 2.65 bits per heavy atom. The van der Waals surface area contributed by atoms with Crippen molar-refractivity contribution in [3.05, 3.63) is 24.3 Å². The van der Waals surface area contributed by atoms with Crippen LogP contribution in [0.15, 0.2) is 18.5 Å². The van der Waals surface area contributed by atoms with Gasteiger partial charge in [-0.3, -0.25) is 4.79 Å². The highest BCUT2D eigenvalue weighted by Crippen LogP contribution is 2.28. The van der Waals surface area contributed by atoms with E-state index in [0.29, 0.717) is 16.7 Å². The zero-order valence-corrected chi connectivity index (χ0v) is 14.0. The van der Waals surface area contributed by atoms with Gasteiger partial charge in [-0.25, -0.2) is 14.4 Å². The molecular weight excluding hydrogens is 299 g/mol. The monoisotopic (exact) mass is 320 g/mol. The van der Waals surface area contributed by atoms with Gasteiger partial charge in [0.2, 0.25) is 5.91 Å². The zero-order valence-electron chi connectivity index (χ0n) is 14.0. The van der Waals surface area contributed by atoms with E-state index in [-0.39, 0.29) is 23.7 Å². The first kappa shape index (κ1) is 16.9. The van der Waals surface area contributed by atoms with Crippen molar-refractivity contribution in [1.82, 2.24) is 15.3 Å². The number of halogens is 1. The maximum absolute atomic E-state index is 13.8. The first-order valence-corrected chi connectivity index (χ1v) is 7.21. The predicted molar refractivity (Wildman–Crippen MR) is 87.2 cm³/mol. The van der Waals surface area contributed by atoms with Crippen molar-refractivity contribution in [3.63, 3.8) is 0 Å². The van der Waals surface area contributed by atoms with Crippen molar-refractivity contribution in [2.75, 3.05) is 25.6 Å². The molecule has 1 aromatic heterocycles. The molecule has 2 rings (SSSR count). The minimum Gasteiger partial charge on any atom is -0.494 e. The van der Waals surface area contributed by atoms with Gasteiger partial charge in [0.05, 0.1) is 19.2 Å². The second-order valence-corrected chi connectivity index (χ2v) is 6.36. The van der Waals surface area contributed by atoms with Crippen LogP contribution < -0.4 is 15.0 Å². The normalized spacial score (nSPS) is 11.4. The number of fused-ring (bicyclic) bond motifs is 1. The summed E-state index contributed by atoms with van der Waals surface area (Å²) in [7, 11) is 3.15. The molecule has 0 spiro atoms. The first-order valence-electron chi connectivity index (χ1n) is 7.21. The standard InChI is InChI=1S/C16H21FN4O2/c1-16(2,3)20-14(22)8-21(4)15-10-6-13(23-5)11(17)7-12(10)18-9-19-15/h6-7,9H,8H2,1-5H3,(H,20,22). The number of rotatable bonds is 4. The average molecular weight is 320 g/mol. The second kappa shape index (κ2) is 6.36. The molecule has 23 heavy (non-hydrogen) atoms. The summed E-state index contributed by atoms with van der Waals surface area (Å²) >= 11 is 0. The molecule has 1 heterocycles. The molecule has 0 saturated heterocycles. The van der Waals surface area contributed by atoms with E-state index in [1.807, 2.05) is 20.8 Å². The zero-order chi connectivity index (χ0) is 17.2. The number of nitrogens with one attached hydrogen (secondary N) is 1. The lowest BCUT2D eigenvalue weighted by Crippen LogP contribution is -2.45. The van der Waals surface area contributed by atoms with E-state index in [0.717, 1.165) is 0 Å². The van der Waals surface area contributed by atoms with Crippen LogP contribution in [-0.4, -0.2) is 42.1 Å². The van der Waals surface area contributed by atoms with E-state index in [1.54, 1.807) is 11.9 Å². The van der Waals surface area contributed by atoms with E-state index >= 15 is 0 Å². The Hall–Kier alpha value is -2.44. The number of hydrogen-bond acceptors (Lipinski definition) is 5. The Morgan fingerprint density at radius 2 is 2.04 bits per heavy atom. The highest BCUT2D eigenvalue weighted by atomic mass is 19.1. The van der Waals surface area contributed by atoms with Gasteiger partial charge in [0.1, 0.15) is 12.1 Å². The summed E-state index contributed by atoms with van der Waals surface area (Å²) in [6, 6.07) is 2.83. The molecule has 0 aliphatic rings. The maximum atomic E-state index is 13.8. The molecule has 6 nitrogen and oxygen atoms in total. The van der Waals surface area contributed by atoms with Gasteiger partial charge < -0.3 is 15.0 Å². The predicted octanol–water partition coefficient (Wildman–Crippen LogP) is 2.13. The molecular formula is C16H21FN4O2. The third kappa shape index (κ3) is 4.06. The molecule has 2 aromatic rings. The fourth-order valence-electron chi connectivity index (χ4n) is 2.25. The number of hydrogen-bond donors (Lipinski definition) is 1. The van der Waals surface area contributed by atoms with Gasteiger partial charge in [0.15, 0.2) is 11.6 Å². The molecule has 7 heteroatoms. The number of ether oxygens (including phenoxy) is 1. The summed E-state index contributed by atoms with van der Waals surface area (Å²) in [6.45, 7) is 5.87. The Morgan fingerprint density at radius 1 is 1.35 bits per heavy atom. The van der Waals surface area contributed by atoms with Gasteiger partial charge in [-0.1, -0.05) is 0 Å². The number of methoxy groups -OCH3 is 1. The highest BCUT2D eigenvalue weighted by Gasteiger charge is 2.18. The summed E-state index contributed by atoms with van der Waals surface area (Å²) in [4.78, 5) is 22.1. The Bertz CT molecular complexity index is 728. The number of nitrogens with zero attached hydrogens (tertiary/aromatic N) is 3. The quantitative estimate of drug-likeness (QED) is 0.935. The van der Waals surface area contributed by atoms with Gasteiger partial charge in [-0.15, -0.1) is 0 Å². The van der Waals surface area contributed by atoms with Crippen LogP contribution in [0.25, 0.3) is 10.9 Å². The largest absolute Gasteiger partial charge is 0.494 e. The van der Waals surface area contributed by atoms with Gasteiger partial charge in [0.25, 0.3) is 0 Å². The molecule has 1 amide bonds. The summed E-state index contributed by atoms with van der Waals surface area (Å²) < 4.78 is 18.8. The van der Waals surface area contributed by atoms with Crippen LogP contribution >= 0.6 is 0 Å². The van der Waals surface area contributed by atoms with Crippen LogP contribution in [0.2, 0.25) is 0 Å². The third-order valence-corrected chi connectivity index (χ3v) is 3.14. The molecule has 1 aromatic carbocycles. The minimum absolute atomic E-state index is 0.112. The lowest BCUT2D eigenvalue weighted by Gasteiger charge is -2.24. The van der Waals surface area contributed by atoms with Gasteiger partial charge >= 0.3 is 0 Å². The van der Waals surface area contributed by atoms with Crippen LogP contribution in [-0.2, 0) is 4.79 Å². The Labute approximate surface area is 134 Å². The van der Waals surface area contributed by atoms with Crippen LogP contribution in [0.1, 0.15) is 20.8 Å². The van der Waals surface area contributed by atoms with Crippen LogP contribution in [0, 0.1) is 5.82 Å². The Balaban J connectivity index is 2.33. The van der Waals surface area contributed by atoms with E-state index < -0.39 is 5.82 Å². The SMILES string of the molecule is COc1cc2c(N(C)CC(=O)NC(C)(C)C)ncnc2cc1F. The summed E-state index contributed by atoms with van der Waals surface area (Å²) in [5, 5.41) is 3.51. The smallest absolute Gasteiger partial charge is 0.239 e. The number of carbonyl (C=O) groups excluding carboxylic acids is 1. The van der Waals surface area contributed by atoms with Gasteiger partial charge in [-0.05, 0) is 26.8 Å². The van der Waals surface area contributed by atoms with E-state index in [9.17, 15) is 9.18 Å². The molecule has 0 radical (unpaired) electrons. The molecule has 0 aliphatic carbocycles. The lowest BCUT2D eigenvalue weighted by molar-refractivity contribution is -0.121. The molecule has 0 saturated carbocycles. The first-order chi connectivity index (χ1) is 10.7. The van der Waals surface area contributed by atoms with Crippen molar-refractivity contribution in [2.45, 2.75) is 26.3 Å². The van der Waals surface area contributed by atoms with Crippen molar-refractivity contribution >= 4 is 22.6 Å². The van der Waals surface area contributed by atoms with Gasteiger partial charge in [-0.2, -0.15) is 0 Å². The molecule has 0 aliphatic heterocycles. The van der Waals surface area contributed by atoms with E-state index in [4.69, 9.17) is 4.74 Å². The summed E-state index contributed by atoms with van der Waals surface area (Å²) in [5.74, 6) is 0.0390. The average Bonchev–Trinajstić information content (AvgIpc) is 2.43. The van der Waals surface area contributed by atoms with Crippen LogP contribution in [0.5, 0.6) is 5.75 Å². The van der Waals surface area contributed by atoms with Crippen molar-refractivity contribution in [1.29, 1.82) is 0 Å². The molecule has 124 valence electrons. The molecule has 1 N–H and O–H groups in total. The van der Waals surface area contributed by atoms with Crippen molar-refractivity contribution in [3.8, 4) is 5.75 Å². The Kier molecular flexibility index (Phi) is 4.68. The minimum atomic E-state index is -0.488. The fourth-order valence-corrected chi connectivity index (χ4v) is 2.25.